The zero-order chi connectivity index (χ0) is 12.0. The van der Waals surface area contributed by atoms with Crippen LogP contribution in [0.2, 0.25) is 0 Å². The highest BCUT2D eigenvalue weighted by molar-refractivity contribution is 5.73. The molecule has 1 rings (SSSR count). The van der Waals surface area contributed by atoms with E-state index in [0.717, 1.165) is 19.7 Å². The number of ether oxygens (including phenoxy) is 1. The summed E-state index contributed by atoms with van der Waals surface area (Å²) in [5, 5.41) is 12.1. The molecule has 94 valence electrons. The first-order valence-corrected chi connectivity index (χ1v) is 5.86. The third-order valence-corrected chi connectivity index (χ3v) is 2.61. The number of hydrogen-bond acceptors (Lipinski definition) is 4. The van der Waals surface area contributed by atoms with Gasteiger partial charge in [0.05, 0.1) is 6.61 Å². The van der Waals surface area contributed by atoms with E-state index in [0.29, 0.717) is 25.6 Å². The Balaban J connectivity index is 2.24. The summed E-state index contributed by atoms with van der Waals surface area (Å²) >= 11 is 0. The van der Waals surface area contributed by atoms with Crippen molar-refractivity contribution in [2.75, 3.05) is 39.4 Å². The number of nitrogens with zero attached hydrogens (tertiary/aromatic N) is 1. The summed E-state index contributed by atoms with van der Waals surface area (Å²) in [7, 11) is 0. The molecule has 1 atom stereocenters. The summed E-state index contributed by atoms with van der Waals surface area (Å²) in [4.78, 5) is 13.0. The lowest BCUT2D eigenvalue weighted by Crippen LogP contribution is -2.55. The molecule has 0 amide bonds. The lowest BCUT2D eigenvalue weighted by Gasteiger charge is -2.33. The van der Waals surface area contributed by atoms with Crippen LogP contribution in [0.25, 0.3) is 0 Å². The van der Waals surface area contributed by atoms with E-state index in [4.69, 9.17) is 9.84 Å². The number of carbonyl (C=O) groups is 1. The van der Waals surface area contributed by atoms with E-state index in [-0.39, 0.29) is 0 Å². The van der Waals surface area contributed by atoms with Gasteiger partial charge in [0, 0.05) is 32.8 Å². The van der Waals surface area contributed by atoms with Gasteiger partial charge in [-0.2, -0.15) is 0 Å². The third kappa shape index (κ3) is 4.47. The second-order valence-corrected chi connectivity index (χ2v) is 4.56. The van der Waals surface area contributed by atoms with E-state index >= 15 is 0 Å². The van der Waals surface area contributed by atoms with Gasteiger partial charge in [-0.15, -0.1) is 0 Å². The fourth-order valence-electron chi connectivity index (χ4n) is 1.76. The highest BCUT2D eigenvalue weighted by atomic mass is 16.5. The lowest BCUT2D eigenvalue weighted by atomic mass is 10.2. The van der Waals surface area contributed by atoms with Crippen molar-refractivity contribution < 1.29 is 14.6 Å². The molecule has 0 aromatic rings. The molecule has 5 heteroatoms. The van der Waals surface area contributed by atoms with E-state index in [9.17, 15) is 4.79 Å². The predicted octanol–water partition coefficient (Wildman–Crippen LogP) is 0.0174. The summed E-state index contributed by atoms with van der Waals surface area (Å²) in [5.74, 6) is -0.227. The van der Waals surface area contributed by atoms with Gasteiger partial charge in [0.1, 0.15) is 6.04 Å². The maximum absolute atomic E-state index is 11.0. The van der Waals surface area contributed by atoms with E-state index < -0.39 is 12.0 Å². The topological polar surface area (TPSA) is 61.8 Å². The number of rotatable bonds is 6. The third-order valence-electron chi connectivity index (χ3n) is 2.61. The van der Waals surface area contributed by atoms with Crippen molar-refractivity contribution in [1.82, 2.24) is 10.2 Å². The van der Waals surface area contributed by atoms with Crippen molar-refractivity contribution in [3.63, 3.8) is 0 Å². The predicted molar refractivity (Wildman–Crippen MR) is 61.5 cm³/mol. The Bertz CT molecular complexity index is 221. The van der Waals surface area contributed by atoms with Crippen LogP contribution in [-0.4, -0.2) is 61.4 Å². The van der Waals surface area contributed by atoms with E-state index in [2.05, 4.69) is 19.2 Å². The van der Waals surface area contributed by atoms with Crippen molar-refractivity contribution in [3.05, 3.63) is 0 Å². The molecule has 1 unspecified atom stereocenters. The van der Waals surface area contributed by atoms with Crippen LogP contribution < -0.4 is 5.32 Å². The molecule has 0 bridgehead atoms. The SMILES string of the molecule is CC(C)COCCN1CCNCC1C(=O)O. The van der Waals surface area contributed by atoms with Crippen LogP contribution in [0.3, 0.4) is 0 Å². The van der Waals surface area contributed by atoms with Crippen LogP contribution in [0.4, 0.5) is 0 Å². The Morgan fingerprint density at radius 3 is 3.00 bits per heavy atom. The standard InChI is InChI=1S/C11H22N2O3/c1-9(2)8-16-6-5-13-4-3-12-7-10(13)11(14)15/h9-10,12H,3-8H2,1-2H3,(H,14,15). The van der Waals surface area contributed by atoms with Gasteiger partial charge in [0.15, 0.2) is 0 Å². The first kappa shape index (κ1) is 13.4. The molecule has 1 aliphatic rings. The summed E-state index contributed by atoms with van der Waals surface area (Å²) in [6.07, 6.45) is 0. The number of piperazine rings is 1. The second-order valence-electron chi connectivity index (χ2n) is 4.56. The number of carboxylic acids is 1. The molecule has 1 heterocycles. The lowest BCUT2D eigenvalue weighted by molar-refractivity contribution is -0.144. The number of hydrogen-bond donors (Lipinski definition) is 2. The molecule has 16 heavy (non-hydrogen) atoms. The highest BCUT2D eigenvalue weighted by Crippen LogP contribution is 2.03. The average Bonchev–Trinajstić information content (AvgIpc) is 2.24. The molecule has 0 aromatic carbocycles. The Morgan fingerprint density at radius 2 is 2.38 bits per heavy atom. The average molecular weight is 230 g/mol. The smallest absolute Gasteiger partial charge is 0.322 e. The minimum Gasteiger partial charge on any atom is -0.480 e. The van der Waals surface area contributed by atoms with Crippen LogP contribution in [0.5, 0.6) is 0 Å². The highest BCUT2D eigenvalue weighted by Gasteiger charge is 2.27. The maximum Gasteiger partial charge on any atom is 0.322 e. The largest absolute Gasteiger partial charge is 0.480 e. The van der Waals surface area contributed by atoms with Gasteiger partial charge in [-0.05, 0) is 5.92 Å². The molecule has 0 spiro atoms. The molecule has 0 saturated carbocycles. The van der Waals surface area contributed by atoms with Crippen LogP contribution in [-0.2, 0) is 9.53 Å². The molecule has 0 aliphatic carbocycles. The number of nitrogens with one attached hydrogen (secondary N) is 1. The van der Waals surface area contributed by atoms with Crippen LogP contribution in [0.1, 0.15) is 13.8 Å². The number of carboxylic acid groups (broad SMARTS) is 1. The van der Waals surface area contributed by atoms with Crippen molar-refractivity contribution in [2.45, 2.75) is 19.9 Å². The van der Waals surface area contributed by atoms with Crippen LogP contribution >= 0.6 is 0 Å². The van der Waals surface area contributed by atoms with Crippen molar-refractivity contribution >= 4 is 5.97 Å². The first-order valence-electron chi connectivity index (χ1n) is 5.86. The minimum absolute atomic E-state index is 0.406. The fourth-order valence-corrected chi connectivity index (χ4v) is 1.76. The van der Waals surface area contributed by atoms with Crippen molar-refractivity contribution in [3.8, 4) is 0 Å². The normalized spacial score (nSPS) is 22.6. The Morgan fingerprint density at radius 1 is 1.62 bits per heavy atom. The van der Waals surface area contributed by atoms with Crippen LogP contribution in [0.15, 0.2) is 0 Å². The van der Waals surface area contributed by atoms with Gasteiger partial charge < -0.3 is 15.2 Å². The molecule has 0 aromatic heterocycles. The van der Waals surface area contributed by atoms with Gasteiger partial charge in [0.2, 0.25) is 0 Å². The van der Waals surface area contributed by atoms with E-state index in [1.807, 2.05) is 4.90 Å². The first-order chi connectivity index (χ1) is 7.61. The van der Waals surface area contributed by atoms with Crippen molar-refractivity contribution in [2.24, 2.45) is 5.92 Å². The van der Waals surface area contributed by atoms with E-state index in [1.165, 1.54) is 0 Å². The molecule has 1 aliphatic heterocycles. The van der Waals surface area contributed by atoms with E-state index in [1.54, 1.807) is 0 Å². The molecule has 1 fully saturated rings. The van der Waals surface area contributed by atoms with Gasteiger partial charge in [-0.1, -0.05) is 13.8 Å². The summed E-state index contributed by atoms with van der Waals surface area (Å²) in [6, 6.07) is -0.406. The van der Waals surface area contributed by atoms with Gasteiger partial charge in [0.25, 0.3) is 0 Å². The zero-order valence-corrected chi connectivity index (χ0v) is 10.1. The monoisotopic (exact) mass is 230 g/mol. The van der Waals surface area contributed by atoms with Gasteiger partial charge in [-0.25, -0.2) is 0 Å². The maximum atomic E-state index is 11.0. The fraction of sp³-hybridized carbons (Fsp3) is 0.909. The Labute approximate surface area is 96.8 Å². The summed E-state index contributed by atoms with van der Waals surface area (Å²) in [5.41, 5.74) is 0. The van der Waals surface area contributed by atoms with Gasteiger partial charge >= 0.3 is 5.97 Å². The molecule has 1 saturated heterocycles. The Kier molecular flexibility index (Phi) is 5.73. The number of aliphatic carboxylic acids is 1. The zero-order valence-electron chi connectivity index (χ0n) is 10.1. The van der Waals surface area contributed by atoms with Crippen LogP contribution in [0, 0.1) is 5.92 Å². The molecule has 5 nitrogen and oxygen atoms in total. The summed E-state index contributed by atoms with van der Waals surface area (Å²) < 4.78 is 5.47. The van der Waals surface area contributed by atoms with Crippen molar-refractivity contribution in [1.29, 1.82) is 0 Å². The molecular formula is C11H22N2O3. The molecule has 2 N–H and O–H groups in total. The van der Waals surface area contributed by atoms with Gasteiger partial charge in [-0.3, -0.25) is 9.69 Å². The minimum atomic E-state index is -0.754. The quantitative estimate of drug-likeness (QED) is 0.630. The second kappa shape index (κ2) is 6.83. The Hall–Kier alpha value is -0.650. The molecular weight excluding hydrogens is 208 g/mol. The molecule has 0 radical (unpaired) electrons. The summed E-state index contributed by atoms with van der Waals surface area (Å²) in [6.45, 7) is 8.42.